The average Bonchev–Trinajstić information content (AvgIpc) is 2.53. The number of hydrogen-bond acceptors (Lipinski definition) is 5. The molecular formula is C16H24N4O. The second-order valence-corrected chi connectivity index (χ2v) is 5.63. The molecule has 1 atom stereocenters. The van der Waals surface area contributed by atoms with Crippen LogP contribution >= 0.6 is 0 Å². The largest absolute Gasteiger partial charge is 0.480 e. The molecule has 2 heterocycles. The van der Waals surface area contributed by atoms with Crippen LogP contribution in [0.1, 0.15) is 20.3 Å². The summed E-state index contributed by atoms with van der Waals surface area (Å²) in [5.41, 5.74) is 7.45. The molecule has 0 bridgehead atoms. The van der Waals surface area contributed by atoms with Crippen molar-refractivity contribution in [1.82, 2.24) is 9.80 Å². The van der Waals surface area contributed by atoms with E-state index in [9.17, 15) is 0 Å². The molecule has 1 aromatic carbocycles. The summed E-state index contributed by atoms with van der Waals surface area (Å²) in [5, 5.41) is 0. The monoisotopic (exact) mass is 288 g/mol. The molecule has 0 radical (unpaired) electrons. The van der Waals surface area contributed by atoms with E-state index in [2.05, 4.69) is 23.6 Å². The second kappa shape index (κ2) is 5.93. The van der Waals surface area contributed by atoms with Crippen LogP contribution < -0.4 is 10.5 Å². The quantitative estimate of drug-likeness (QED) is 0.847. The Kier molecular flexibility index (Phi) is 4.01. The Morgan fingerprint density at radius 1 is 1.24 bits per heavy atom. The van der Waals surface area contributed by atoms with Crippen molar-refractivity contribution >= 4 is 17.2 Å². The van der Waals surface area contributed by atoms with Gasteiger partial charge in [-0.2, -0.15) is 0 Å². The van der Waals surface area contributed by atoms with Gasteiger partial charge >= 0.3 is 0 Å². The van der Waals surface area contributed by atoms with Gasteiger partial charge in [-0.25, -0.2) is 4.99 Å². The van der Waals surface area contributed by atoms with Crippen molar-refractivity contribution in [2.45, 2.75) is 26.4 Å². The number of piperazine rings is 1. The first kappa shape index (κ1) is 14.2. The summed E-state index contributed by atoms with van der Waals surface area (Å²) in [6.45, 7) is 9.70. The SMILES string of the molecule is CCC1Oc2ccc(N)cc2N=C1N1CCN(CC)CC1. The van der Waals surface area contributed by atoms with Gasteiger partial charge in [-0.3, -0.25) is 0 Å². The molecule has 1 aromatic rings. The molecule has 0 saturated carbocycles. The van der Waals surface area contributed by atoms with Crippen LogP contribution in [0, 0.1) is 0 Å². The molecule has 1 unspecified atom stereocenters. The van der Waals surface area contributed by atoms with Crippen LogP contribution in [0.4, 0.5) is 11.4 Å². The molecule has 0 amide bonds. The Bertz CT molecular complexity index is 535. The summed E-state index contributed by atoms with van der Waals surface area (Å²) in [6.07, 6.45) is 0.978. The fourth-order valence-corrected chi connectivity index (χ4v) is 2.96. The molecule has 2 aliphatic heterocycles. The van der Waals surface area contributed by atoms with E-state index >= 15 is 0 Å². The van der Waals surface area contributed by atoms with E-state index in [1.54, 1.807) is 0 Å². The molecule has 2 N–H and O–H groups in total. The standard InChI is InChI=1S/C16H24N4O/c1-3-14-16(20-9-7-19(4-2)8-10-20)18-13-11-12(17)5-6-15(13)21-14/h5-6,11,14H,3-4,7-10,17H2,1-2H3. The van der Waals surface area contributed by atoms with E-state index < -0.39 is 0 Å². The highest BCUT2D eigenvalue weighted by atomic mass is 16.5. The zero-order chi connectivity index (χ0) is 14.8. The number of nitrogen functional groups attached to an aromatic ring is 1. The Morgan fingerprint density at radius 2 is 2.00 bits per heavy atom. The van der Waals surface area contributed by atoms with Gasteiger partial charge in [-0.05, 0) is 31.2 Å². The Balaban J connectivity index is 1.85. The first-order valence-corrected chi connectivity index (χ1v) is 7.83. The van der Waals surface area contributed by atoms with Crippen molar-refractivity contribution in [3.8, 4) is 5.75 Å². The highest BCUT2D eigenvalue weighted by molar-refractivity contribution is 5.92. The molecule has 5 nitrogen and oxygen atoms in total. The Morgan fingerprint density at radius 3 is 2.67 bits per heavy atom. The Hall–Kier alpha value is -1.75. The van der Waals surface area contributed by atoms with Gasteiger partial charge in [-0.1, -0.05) is 13.8 Å². The highest BCUT2D eigenvalue weighted by Gasteiger charge is 2.29. The summed E-state index contributed by atoms with van der Waals surface area (Å²) in [6, 6.07) is 5.68. The first-order chi connectivity index (χ1) is 10.2. The zero-order valence-corrected chi connectivity index (χ0v) is 12.9. The second-order valence-electron chi connectivity index (χ2n) is 5.63. The summed E-state index contributed by atoms with van der Waals surface area (Å²) in [5.74, 6) is 1.90. The number of anilines is 1. The first-order valence-electron chi connectivity index (χ1n) is 7.83. The molecule has 0 aromatic heterocycles. The van der Waals surface area contributed by atoms with Gasteiger partial charge in [0, 0.05) is 31.9 Å². The average molecular weight is 288 g/mol. The molecule has 1 fully saturated rings. The van der Waals surface area contributed by atoms with Crippen LogP contribution in [0.3, 0.4) is 0 Å². The zero-order valence-electron chi connectivity index (χ0n) is 12.9. The minimum atomic E-state index is 0.0503. The third-order valence-corrected chi connectivity index (χ3v) is 4.29. The van der Waals surface area contributed by atoms with E-state index in [-0.39, 0.29) is 6.10 Å². The number of ether oxygens (including phenoxy) is 1. The van der Waals surface area contributed by atoms with Gasteiger partial charge in [0.05, 0.1) is 0 Å². The lowest BCUT2D eigenvalue weighted by Gasteiger charge is -2.39. The van der Waals surface area contributed by atoms with Crippen molar-refractivity contribution in [2.24, 2.45) is 4.99 Å². The summed E-state index contributed by atoms with van der Waals surface area (Å²) >= 11 is 0. The Labute approximate surface area is 126 Å². The van der Waals surface area contributed by atoms with Crippen molar-refractivity contribution in [3.05, 3.63) is 18.2 Å². The predicted molar refractivity (Wildman–Crippen MR) is 86.3 cm³/mol. The molecule has 2 aliphatic rings. The maximum absolute atomic E-state index is 6.11. The molecule has 0 spiro atoms. The van der Waals surface area contributed by atoms with E-state index in [0.29, 0.717) is 0 Å². The normalized spacial score (nSPS) is 22.5. The maximum Gasteiger partial charge on any atom is 0.156 e. The van der Waals surface area contributed by atoms with E-state index in [0.717, 1.165) is 62.1 Å². The van der Waals surface area contributed by atoms with Crippen LogP contribution in [0.25, 0.3) is 0 Å². The summed E-state index contributed by atoms with van der Waals surface area (Å²) < 4.78 is 6.11. The number of amidine groups is 1. The van der Waals surface area contributed by atoms with E-state index in [1.807, 2.05) is 18.2 Å². The van der Waals surface area contributed by atoms with Gasteiger partial charge in [-0.15, -0.1) is 0 Å². The molecule has 3 rings (SSSR count). The number of fused-ring (bicyclic) bond motifs is 1. The van der Waals surface area contributed by atoms with Gasteiger partial charge in [0.1, 0.15) is 17.3 Å². The van der Waals surface area contributed by atoms with Crippen LogP contribution in [-0.2, 0) is 0 Å². The number of rotatable bonds is 2. The fraction of sp³-hybridized carbons (Fsp3) is 0.562. The van der Waals surface area contributed by atoms with Crippen LogP contribution in [-0.4, -0.2) is 54.5 Å². The molecule has 1 saturated heterocycles. The van der Waals surface area contributed by atoms with Crippen LogP contribution in [0.5, 0.6) is 5.75 Å². The number of nitrogens with zero attached hydrogens (tertiary/aromatic N) is 3. The van der Waals surface area contributed by atoms with Crippen molar-refractivity contribution in [3.63, 3.8) is 0 Å². The van der Waals surface area contributed by atoms with Gasteiger partial charge < -0.3 is 20.3 Å². The van der Waals surface area contributed by atoms with Gasteiger partial charge in [0.2, 0.25) is 0 Å². The number of aliphatic imine (C=N–C) groups is 1. The molecular weight excluding hydrogens is 264 g/mol. The smallest absolute Gasteiger partial charge is 0.156 e. The molecule has 5 heteroatoms. The molecule has 114 valence electrons. The van der Waals surface area contributed by atoms with Crippen molar-refractivity contribution < 1.29 is 4.74 Å². The lowest BCUT2D eigenvalue weighted by atomic mass is 10.1. The lowest BCUT2D eigenvalue weighted by Crippen LogP contribution is -2.52. The summed E-state index contributed by atoms with van der Waals surface area (Å²) in [4.78, 5) is 9.69. The minimum Gasteiger partial charge on any atom is -0.480 e. The van der Waals surface area contributed by atoms with Crippen LogP contribution in [0.15, 0.2) is 23.2 Å². The molecule has 0 aliphatic carbocycles. The number of likely N-dealkylation sites (N-methyl/N-ethyl adjacent to an activating group) is 1. The topological polar surface area (TPSA) is 54.1 Å². The van der Waals surface area contributed by atoms with Crippen LogP contribution in [0.2, 0.25) is 0 Å². The fourth-order valence-electron chi connectivity index (χ4n) is 2.96. The number of hydrogen-bond donors (Lipinski definition) is 1. The third kappa shape index (κ3) is 2.83. The molecule has 21 heavy (non-hydrogen) atoms. The summed E-state index contributed by atoms with van der Waals surface area (Å²) in [7, 11) is 0. The predicted octanol–water partition coefficient (Wildman–Crippen LogP) is 2.11. The van der Waals surface area contributed by atoms with Crippen molar-refractivity contribution in [2.75, 3.05) is 38.5 Å². The minimum absolute atomic E-state index is 0.0503. The number of benzene rings is 1. The van der Waals surface area contributed by atoms with Crippen molar-refractivity contribution in [1.29, 1.82) is 0 Å². The van der Waals surface area contributed by atoms with E-state index in [4.69, 9.17) is 15.5 Å². The lowest BCUT2D eigenvalue weighted by molar-refractivity contribution is 0.168. The van der Waals surface area contributed by atoms with Gasteiger partial charge in [0.25, 0.3) is 0 Å². The van der Waals surface area contributed by atoms with Gasteiger partial charge in [0.15, 0.2) is 6.10 Å². The third-order valence-electron chi connectivity index (χ3n) is 4.29. The van der Waals surface area contributed by atoms with E-state index in [1.165, 1.54) is 0 Å². The maximum atomic E-state index is 6.11. The highest BCUT2D eigenvalue weighted by Crippen LogP contribution is 2.35. The number of nitrogens with two attached hydrogens (primary N) is 1.